The molecule has 0 atom stereocenters. The average molecular weight is 449 g/mol. The van der Waals surface area contributed by atoms with Gasteiger partial charge in [-0.25, -0.2) is 4.98 Å². The number of nitrogens with zero attached hydrogens (tertiary/aromatic N) is 5. The van der Waals surface area contributed by atoms with E-state index in [0.717, 1.165) is 61.5 Å². The first-order chi connectivity index (χ1) is 16.0. The van der Waals surface area contributed by atoms with Crippen LogP contribution in [0.4, 0.5) is 15.8 Å². The Morgan fingerprint density at radius 2 is 1.91 bits per heavy atom. The number of rotatable bonds is 5. The van der Waals surface area contributed by atoms with E-state index in [4.69, 9.17) is 10.8 Å². The van der Waals surface area contributed by atoms with Gasteiger partial charge in [0.25, 0.3) is 0 Å². The van der Waals surface area contributed by atoms with Crippen molar-refractivity contribution in [2.75, 3.05) is 56.1 Å². The van der Waals surface area contributed by atoms with Gasteiger partial charge < -0.3 is 20.0 Å². The Bertz CT molecular complexity index is 1050. The van der Waals surface area contributed by atoms with Gasteiger partial charge in [-0.1, -0.05) is 6.07 Å². The van der Waals surface area contributed by atoms with Gasteiger partial charge in [0.2, 0.25) is 5.95 Å². The van der Waals surface area contributed by atoms with Crippen LogP contribution < -0.4 is 15.1 Å². The van der Waals surface area contributed by atoms with E-state index < -0.39 is 5.95 Å². The second kappa shape index (κ2) is 9.96. The van der Waals surface area contributed by atoms with Gasteiger partial charge in [-0.15, -0.1) is 0 Å². The van der Waals surface area contributed by atoms with Gasteiger partial charge in [0.1, 0.15) is 11.9 Å². The van der Waals surface area contributed by atoms with Gasteiger partial charge in [-0.2, -0.15) is 9.65 Å². The fourth-order valence-corrected chi connectivity index (χ4v) is 4.69. The first-order valence-electron chi connectivity index (χ1n) is 11.2. The average Bonchev–Trinajstić information content (AvgIpc) is 2.88. The third kappa shape index (κ3) is 4.66. The van der Waals surface area contributed by atoms with E-state index in [2.05, 4.69) is 26.2 Å². The largest absolute Gasteiger partial charge is 0.370 e. The zero-order valence-corrected chi connectivity index (χ0v) is 18.8. The van der Waals surface area contributed by atoms with Crippen molar-refractivity contribution < 1.29 is 4.39 Å². The molecule has 2 aliphatic rings. The zero-order chi connectivity index (χ0) is 23.4. The molecule has 0 radical (unpaired) electrons. The van der Waals surface area contributed by atoms with Crippen LogP contribution in [0.5, 0.6) is 0 Å². The van der Waals surface area contributed by atoms with Crippen LogP contribution in [0.25, 0.3) is 11.1 Å². The molecule has 3 heterocycles. The molecule has 8 nitrogen and oxygen atoms in total. The molecule has 1 aromatic carbocycles. The topological polar surface area (TPSA) is 106 Å². The van der Waals surface area contributed by atoms with Gasteiger partial charge in [0, 0.05) is 69.6 Å². The molecule has 0 bridgehead atoms. The van der Waals surface area contributed by atoms with E-state index in [1.807, 2.05) is 12.1 Å². The maximum Gasteiger partial charge on any atom is 0.212 e. The number of hydrogen-bond donors (Lipinski definition) is 3. The number of nitriles is 1. The highest BCUT2D eigenvalue weighted by molar-refractivity contribution is 5.91. The fraction of sp³-hybridized carbons (Fsp3) is 0.417. The van der Waals surface area contributed by atoms with Crippen LogP contribution in [-0.4, -0.2) is 68.4 Å². The van der Waals surface area contributed by atoms with Crippen LogP contribution in [0.2, 0.25) is 0 Å². The predicted molar refractivity (Wildman–Crippen MR) is 129 cm³/mol. The van der Waals surface area contributed by atoms with E-state index in [1.54, 1.807) is 18.0 Å². The van der Waals surface area contributed by atoms with Crippen molar-refractivity contribution in [3.63, 3.8) is 0 Å². The molecule has 0 amide bonds. The molecule has 3 N–H and O–H groups in total. The Hall–Kier alpha value is -3.51. The Morgan fingerprint density at radius 1 is 1.18 bits per heavy atom. The standard InChI is InChI=1S/C24H29FN8/c1-31(16-27)24(28)17-6-10-33(11-7-17)23-19(18-2-5-22(25)30-15-18)3-4-21(20(23)14-26)32-12-8-29-9-13-32/h2-5,15-17,27-29H,6-13H2,1H3. The summed E-state index contributed by atoms with van der Waals surface area (Å²) in [6.45, 7) is 4.80. The number of amidine groups is 1. The number of aromatic nitrogens is 1. The van der Waals surface area contributed by atoms with E-state index in [-0.39, 0.29) is 5.92 Å². The van der Waals surface area contributed by atoms with Crippen LogP contribution in [-0.2, 0) is 0 Å². The van der Waals surface area contributed by atoms with Gasteiger partial charge in [-0.05, 0) is 31.0 Å². The number of pyridine rings is 1. The maximum absolute atomic E-state index is 13.5. The minimum Gasteiger partial charge on any atom is -0.370 e. The van der Waals surface area contributed by atoms with Crippen molar-refractivity contribution in [1.29, 1.82) is 16.1 Å². The molecule has 33 heavy (non-hydrogen) atoms. The molecule has 0 spiro atoms. The number of hydrogen-bond acceptors (Lipinski definition) is 7. The van der Waals surface area contributed by atoms with E-state index in [9.17, 15) is 9.65 Å². The van der Waals surface area contributed by atoms with E-state index >= 15 is 0 Å². The van der Waals surface area contributed by atoms with Crippen molar-refractivity contribution in [1.82, 2.24) is 15.2 Å². The minimum absolute atomic E-state index is 0.0747. The summed E-state index contributed by atoms with van der Waals surface area (Å²) < 4.78 is 13.5. The third-order valence-corrected chi connectivity index (χ3v) is 6.54. The molecular weight excluding hydrogens is 419 g/mol. The van der Waals surface area contributed by atoms with Crippen LogP contribution in [0.3, 0.4) is 0 Å². The zero-order valence-electron chi connectivity index (χ0n) is 18.8. The number of nitrogens with one attached hydrogen (secondary N) is 3. The Morgan fingerprint density at radius 3 is 2.52 bits per heavy atom. The highest BCUT2D eigenvalue weighted by atomic mass is 19.1. The van der Waals surface area contributed by atoms with Crippen molar-refractivity contribution in [3.05, 3.63) is 42.0 Å². The smallest absolute Gasteiger partial charge is 0.212 e. The van der Waals surface area contributed by atoms with Crippen LogP contribution >= 0.6 is 0 Å². The first kappa shape index (κ1) is 22.7. The number of benzene rings is 1. The van der Waals surface area contributed by atoms with Gasteiger partial charge in [0.05, 0.1) is 23.3 Å². The van der Waals surface area contributed by atoms with E-state index in [1.165, 1.54) is 18.6 Å². The third-order valence-electron chi connectivity index (χ3n) is 6.54. The summed E-state index contributed by atoms with van der Waals surface area (Å²) in [5, 5.41) is 29.4. The SMILES string of the molecule is CN(C=N)C(=N)C1CCN(c2c(-c3ccc(F)nc3)ccc(N3CCNCC3)c2C#N)CC1. The lowest BCUT2D eigenvalue weighted by Crippen LogP contribution is -2.44. The highest BCUT2D eigenvalue weighted by Crippen LogP contribution is 2.40. The summed E-state index contributed by atoms with van der Waals surface area (Å²) >= 11 is 0. The second-order valence-corrected chi connectivity index (χ2v) is 8.46. The quantitative estimate of drug-likeness (QED) is 0.369. The van der Waals surface area contributed by atoms with Crippen molar-refractivity contribution in [2.24, 2.45) is 5.92 Å². The minimum atomic E-state index is -0.534. The molecular formula is C24H29FN8. The Balaban J connectivity index is 1.72. The number of halogens is 1. The molecule has 0 aliphatic carbocycles. The van der Waals surface area contributed by atoms with Crippen molar-refractivity contribution >= 4 is 23.5 Å². The van der Waals surface area contributed by atoms with E-state index in [0.29, 0.717) is 24.5 Å². The molecule has 4 rings (SSSR count). The summed E-state index contributed by atoms with van der Waals surface area (Å²) in [6.07, 6.45) is 4.21. The van der Waals surface area contributed by atoms with Crippen LogP contribution in [0.1, 0.15) is 18.4 Å². The van der Waals surface area contributed by atoms with Crippen LogP contribution in [0, 0.1) is 34.0 Å². The normalized spacial score (nSPS) is 16.9. The van der Waals surface area contributed by atoms with Crippen molar-refractivity contribution in [3.8, 4) is 17.2 Å². The molecule has 2 saturated heterocycles. The number of piperidine rings is 1. The Labute approximate surface area is 193 Å². The number of anilines is 2. The molecule has 1 aromatic heterocycles. The highest BCUT2D eigenvalue weighted by Gasteiger charge is 2.29. The summed E-state index contributed by atoms with van der Waals surface area (Å²) in [5.74, 6) is -0.0127. The number of piperazine rings is 1. The monoisotopic (exact) mass is 448 g/mol. The van der Waals surface area contributed by atoms with Crippen LogP contribution in [0.15, 0.2) is 30.5 Å². The lowest BCUT2D eigenvalue weighted by Gasteiger charge is -2.38. The molecule has 172 valence electrons. The summed E-state index contributed by atoms with van der Waals surface area (Å²) in [4.78, 5) is 9.84. The fourth-order valence-electron chi connectivity index (χ4n) is 4.69. The second-order valence-electron chi connectivity index (χ2n) is 8.46. The lowest BCUT2D eigenvalue weighted by atomic mass is 9.92. The Kier molecular flexibility index (Phi) is 6.84. The first-order valence-corrected chi connectivity index (χ1v) is 11.2. The summed E-state index contributed by atoms with van der Waals surface area (Å²) in [7, 11) is 1.73. The lowest BCUT2D eigenvalue weighted by molar-refractivity contribution is 0.473. The molecule has 9 heteroatoms. The predicted octanol–water partition coefficient (Wildman–Crippen LogP) is 2.90. The summed E-state index contributed by atoms with van der Waals surface area (Å²) in [5.41, 5.74) is 4.04. The van der Waals surface area contributed by atoms with Gasteiger partial charge in [0.15, 0.2) is 0 Å². The van der Waals surface area contributed by atoms with Gasteiger partial charge in [-0.3, -0.25) is 10.8 Å². The molecule has 2 aromatic rings. The molecule has 2 fully saturated rings. The summed E-state index contributed by atoms with van der Waals surface area (Å²) in [6, 6.07) is 9.52. The molecule has 2 aliphatic heterocycles. The molecule has 0 unspecified atom stereocenters. The maximum atomic E-state index is 13.5. The van der Waals surface area contributed by atoms with Gasteiger partial charge >= 0.3 is 0 Å². The van der Waals surface area contributed by atoms with Crippen molar-refractivity contribution in [2.45, 2.75) is 12.8 Å². The molecule has 0 saturated carbocycles.